The van der Waals surface area contributed by atoms with Gasteiger partial charge in [-0.25, -0.2) is 4.98 Å². The van der Waals surface area contributed by atoms with Crippen molar-refractivity contribution in [1.82, 2.24) is 9.97 Å². The van der Waals surface area contributed by atoms with Crippen LogP contribution in [0.4, 0.5) is 5.69 Å². The van der Waals surface area contributed by atoms with Gasteiger partial charge in [-0.1, -0.05) is 11.6 Å². The van der Waals surface area contributed by atoms with Gasteiger partial charge in [0.2, 0.25) is 0 Å². The van der Waals surface area contributed by atoms with E-state index in [0.717, 1.165) is 22.1 Å². The third kappa shape index (κ3) is 2.50. The van der Waals surface area contributed by atoms with E-state index in [4.69, 9.17) is 11.6 Å². The monoisotopic (exact) mass is 221 g/mol. The number of hydrogen-bond acceptors (Lipinski definition) is 2. The van der Waals surface area contributed by atoms with Gasteiger partial charge < -0.3 is 10.3 Å². The molecular formula is C11H12ClN3. The second-order valence-corrected chi connectivity index (χ2v) is 3.79. The second kappa shape index (κ2) is 4.36. The largest absolute Gasteiger partial charge is 0.378 e. The molecule has 0 amide bonds. The molecule has 0 saturated carbocycles. The number of aromatic nitrogens is 2. The summed E-state index contributed by atoms with van der Waals surface area (Å²) in [6.07, 6.45) is 3.55. The third-order valence-electron chi connectivity index (χ3n) is 2.19. The van der Waals surface area contributed by atoms with E-state index >= 15 is 0 Å². The number of halogens is 1. The molecule has 0 spiro atoms. The maximum Gasteiger partial charge on any atom is 0.125 e. The van der Waals surface area contributed by atoms with E-state index in [1.165, 1.54) is 0 Å². The van der Waals surface area contributed by atoms with Crippen LogP contribution in [0.2, 0.25) is 5.02 Å². The Bertz CT molecular complexity index is 437. The van der Waals surface area contributed by atoms with Gasteiger partial charge >= 0.3 is 0 Å². The van der Waals surface area contributed by atoms with E-state index < -0.39 is 0 Å². The molecule has 0 aliphatic carbocycles. The highest BCUT2D eigenvalue weighted by Crippen LogP contribution is 2.19. The number of aromatic amines is 1. The molecule has 0 radical (unpaired) electrons. The Morgan fingerprint density at radius 2 is 2.33 bits per heavy atom. The van der Waals surface area contributed by atoms with Crippen molar-refractivity contribution in [2.45, 2.75) is 13.5 Å². The van der Waals surface area contributed by atoms with Crippen LogP contribution in [-0.4, -0.2) is 9.97 Å². The van der Waals surface area contributed by atoms with Crippen LogP contribution >= 0.6 is 11.6 Å². The molecule has 1 aromatic carbocycles. The predicted molar refractivity (Wildman–Crippen MR) is 62.1 cm³/mol. The summed E-state index contributed by atoms with van der Waals surface area (Å²) in [5.74, 6) is 0.921. The number of benzene rings is 1. The number of anilines is 1. The summed E-state index contributed by atoms with van der Waals surface area (Å²) < 4.78 is 0. The maximum atomic E-state index is 5.87. The van der Waals surface area contributed by atoms with Gasteiger partial charge in [-0.3, -0.25) is 0 Å². The molecule has 0 unspecified atom stereocenters. The molecule has 1 aromatic heterocycles. The first-order valence-electron chi connectivity index (χ1n) is 4.74. The van der Waals surface area contributed by atoms with Crippen LogP contribution in [0, 0.1) is 6.92 Å². The summed E-state index contributed by atoms with van der Waals surface area (Å²) in [7, 11) is 0. The summed E-state index contributed by atoms with van der Waals surface area (Å²) in [6.45, 7) is 2.71. The number of nitrogens with zero attached hydrogens (tertiary/aromatic N) is 1. The molecule has 4 heteroatoms. The Balaban J connectivity index is 2.05. The van der Waals surface area contributed by atoms with E-state index in [2.05, 4.69) is 15.3 Å². The molecule has 2 N–H and O–H groups in total. The molecule has 2 aromatic rings. The minimum atomic E-state index is 0.690. The number of imidazole rings is 1. The minimum Gasteiger partial charge on any atom is -0.378 e. The Kier molecular flexibility index (Phi) is 2.92. The van der Waals surface area contributed by atoms with E-state index in [1.54, 1.807) is 6.20 Å². The SMILES string of the molecule is Cc1cc(Cl)ccc1NCc1ncc[nH]1. The lowest BCUT2D eigenvalue weighted by molar-refractivity contribution is 0.997. The fourth-order valence-corrected chi connectivity index (χ4v) is 1.63. The lowest BCUT2D eigenvalue weighted by atomic mass is 10.2. The van der Waals surface area contributed by atoms with Crippen molar-refractivity contribution in [1.29, 1.82) is 0 Å². The number of nitrogens with one attached hydrogen (secondary N) is 2. The van der Waals surface area contributed by atoms with E-state index in [9.17, 15) is 0 Å². The normalized spacial score (nSPS) is 10.3. The van der Waals surface area contributed by atoms with Crippen molar-refractivity contribution in [3.8, 4) is 0 Å². The summed E-state index contributed by atoms with van der Waals surface area (Å²) in [5.41, 5.74) is 2.21. The first-order chi connectivity index (χ1) is 7.25. The number of aryl methyl sites for hydroxylation is 1. The van der Waals surface area contributed by atoms with E-state index in [-0.39, 0.29) is 0 Å². The quantitative estimate of drug-likeness (QED) is 0.837. The zero-order chi connectivity index (χ0) is 10.7. The lowest BCUT2D eigenvalue weighted by Crippen LogP contribution is -2.02. The van der Waals surface area contributed by atoms with Gasteiger partial charge in [0.05, 0.1) is 6.54 Å². The van der Waals surface area contributed by atoms with E-state index in [1.807, 2.05) is 31.3 Å². The Morgan fingerprint density at radius 3 is 3.00 bits per heavy atom. The first-order valence-corrected chi connectivity index (χ1v) is 5.12. The first kappa shape index (κ1) is 10.1. The minimum absolute atomic E-state index is 0.690. The maximum absolute atomic E-state index is 5.87. The topological polar surface area (TPSA) is 40.7 Å². The zero-order valence-corrected chi connectivity index (χ0v) is 9.17. The highest BCUT2D eigenvalue weighted by Gasteiger charge is 1.99. The highest BCUT2D eigenvalue weighted by molar-refractivity contribution is 6.30. The molecule has 3 nitrogen and oxygen atoms in total. The molecule has 0 atom stereocenters. The third-order valence-corrected chi connectivity index (χ3v) is 2.42. The van der Waals surface area contributed by atoms with Crippen LogP contribution < -0.4 is 5.32 Å². The van der Waals surface area contributed by atoms with Crippen LogP contribution in [0.3, 0.4) is 0 Å². The van der Waals surface area contributed by atoms with Crippen molar-refractivity contribution in [2.75, 3.05) is 5.32 Å². The van der Waals surface area contributed by atoms with Crippen molar-refractivity contribution in [2.24, 2.45) is 0 Å². The molecule has 1 heterocycles. The van der Waals surface area contributed by atoms with Crippen LogP contribution in [-0.2, 0) is 6.54 Å². The molecule has 0 saturated heterocycles. The summed E-state index contributed by atoms with van der Waals surface area (Å²) in [6, 6.07) is 5.78. The van der Waals surface area contributed by atoms with E-state index in [0.29, 0.717) is 6.54 Å². The van der Waals surface area contributed by atoms with Gasteiger partial charge in [-0.2, -0.15) is 0 Å². The zero-order valence-electron chi connectivity index (χ0n) is 8.42. The summed E-state index contributed by atoms with van der Waals surface area (Å²) in [5, 5.41) is 4.05. The molecule has 0 bridgehead atoms. The molecule has 0 aliphatic heterocycles. The average molecular weight is 222 g/mol. The standard InChI is InChI=1S/C11H12ClN3/c1-8-6-9(12)2-3-10(8)15-7-11-13-4-5-14-11/h2-6,15H,7H2,1H3,(H,13,14). The average Bonchev–Trinajstić information content (AvgIpc) is 2.69. The van der Waals surface area contributed by atoms with Crippen molar-refractivity contribution < 1.29 is 0 Å². The van der Waals surface area contributed by atoms with Gasteiger partial charge in [0.25, 0.3) is 0 Å². The van der Waals surface area contributed by atoms with Crippen LogP contribution in [0.5, 0.6) is 0 Å². The van der Waals surface area contributed by atoms with Crippen molar-refractivity contribution >= 4 is 17.3 Å². The van der Waals surface area contributed by atoms with Crippen LogP contribution in [0.25, 0.3) is 0 Å². The number of rotatable bonds is 3. The Morgan fingerprint density at radius 1 is 1.47 bits per heavy atom. The highest BCUT2D eigenvalue weighted by atomic mass is 35.5. The summed E-state index contributed by atoms with van der Waals surface area (Å²) in [4.78, 5) is 7.17. The fourth-order valence-electron chi connectivity index (χ4n) is 1.40. The number of H-pyrrole nitrogens is 1. The molecule has 15 heavy (non-hydrogen) atoms. The smallest absolute Gasteiger partial charge is 0.125 e. The lowest BCUT2D eigenvalue weighted by Gasteiger charge is -2.08. The second-order valence-electron chi connectivity index (χ2n) is 3.35. The summed E-state index contributed by atoms with van der Waals surface area (Å²) >= 11 is 5.87. The molecule has 2 rings (SSSR count). The molecule has 0 aliphatic rings. The predicted octanol–water partition coefficient (Wildman–Crippen LogP) is 2.98. The van der Waals surface area contributed by atoms with Gasteiger partial charge in [0, 0.05) is 23.1 Å². The fraction of sp³-hybridized carbons (Fsp3) is 0.182. The molecule has 0 fully saturated rings. The Hall–Kier alpha value is -1.48. The number of hydrogen-bond donors (Lipinski definition) is 2. The molecule has 78 valence electrons. The van der Waals surface area contributed by atoms with Gasteiger partial charge in [0.15, 0.2) is 0 Å². The van der Waals surface area contributed by atoms with Gasteiger partial charge in [-0.05, 0) is 30.7 Å². The van der Waals surface area contributed by atoms with Crippen LogP contribution in [0.1, 0.15) is 11.4 Å². The van der Waals surface area contributed by atoms with Gasteiger partial charge in [-0.15, -0.1) is 0 Å². The Labute approximate surface area is 93.5 Å². The van der Waals surface area contributed by atoms with Crippen LogP contribution in [0.15, 0.2) is 30.6 Å². The van der Waals surface area contributed by atoms with Crippen molar-refractivity contribution in [3.05, 3.63) is 47.0 Å². The van der Waals surface area contributed by atoms with Crippen molar-refractivity contribution in [3.63, 3.8) is 0 Å². The van der Waals surface area contributed by atoms with Gasteiger partial charge in [0.1, 0.15) is 5.82 Å². The molecular weight excluding hydrogens is 210 g/mol.